The molecule has 2 aliphatic heterocycles. The summed E-state index contributed by atoms with van der Waals surface area (Å²) in [5.74, 6) is 2.90. The molecule has 1 aromatic heterocycles. The molecule has 0 spiro atoms. The van der Waals surface area contributed by atoms with Gasteiger partial charge in [-0.05, 0) is 49.3 Å². The number of methoxy groups -OCH3 is 1. The average molecular weight is 491 g/mol. The highest BCUT2D eigenvalue weighted by Gasteiger charge is 2.32. The van der Waals surface area contributed by atoms with Gasteiger partial charge in [-0.25, -0.2) is 9.97 Å². The number of aryl methyl sites for hydroxylation is 2. The summed E-state index contributed by atoms with van der Waals surface area (Å²) in [6.45, 7) is 13.2. The second-order valence-electron chi connectivity index (χ2n) is 11.0. The Bertz CT molecular complexity index is 1120. The van der Waals surface area contributed by atoms with Crippen molar-refractivity contribution in [3.63, 3.8) is 0 Å². The van der Waals surface area contributed by atoms with Gasteiger partial charge in [0.2, 0.25) is 0 Å². The highest BCUT2D eigenvalue weighted by Crippen LogP contribution is 2.37. The zero-order chi connectivity index (χ0) is 25.9. The van der Waals surface area contributed by atoms with Crippen molar-refractivity contribution >= 4 is 11.5 Å². The van der Waals surface area contributed by atoms with Crippen LogP contribution >= 0.6 is 0 Å². The molecule has 0 bridgehead atoms. The third-order valence-corrected chi connectivity index (χ3v) is 7.43. The summed E-state index contributed by atoms with van der Waals surface area (Å²) in [5, 5.41) is 11.7. The van der Waals surface area contributed by atoms with E-state index < -0.39 is 0 Å². The summed E-state index contributed by atoms with van der Waals surface area (Å²) < 4.78 is 5.16. The summed E-state index contributed by atoms with van der Waals surface area (Å²) in [5.41, 5.74) is 6.78. The second kappa shape index (κ2) is 11.0. The summed E-state index contributed by atoms with van der Waals surface area (Å²) in [7, 11) is 3.60. The number of anilines is 1. The molecule has 1 aromatic carbocycles. The molecular formula is C29H42N6O. The van der Waals surface area contributed by atoms with E-state index in [4.69, 9.17) is 20.1 Å². The molecule has 2 aliphatic rings. The molecule has 7 heteroatoms. The first-order valence-corrected chi connectivity index (χ1v) is 13.1. The molecule has 2 N–H and O–H groups in total. The summed E-state index contributed by atoms with van der Waals surface area (Å²) in [4.78, 5) is 15.3. The Hall–Kier alpha value is -2.93. The Morgan fingerprint density at radius 3 is 2.61 bits per heavy atom. The molecule has 0 amide bonds. The van der Waals surface area contributed by atoms with Gasteiger partial charge < -0.3 is 25.3 Å². The quantitative estimate of drug-likeness (QED) is 0.515. The van der Waals surface area contributed by atoms with Crippen LogP contribution in [0, 0.1) is 24.7 Å². The number of allylic oxidation sites excluding steroid dienone is 1. The SMILES string of the molecule is CN/C(=C\C(=N)CCOC)N1CCc2nc(-c3c(C)cccc3C)nc(N3CCCC(C)(C)C3)c2C1. The van der Waals surface area contributed by atoms with E-state index in [-0.39, 0.29) is 5.41 Å². The van der Waals surface area contributed by atoms with Crippen molar-refractivity contribution in [2.75, 3.05) is 45.3 Å². The summed E-state index contributed by atoms with van der Waals surface area (Å²) in [6, 6.07) is 6.41. The van der Waals surface area contributed by atoms with Gasteiger partial charge in [-0.3, -0.25) is 0 Å². The normalized spacial score (nSPS) is 17.7. The Morgan fingerprint density at radius 2 is 1.94 bits per heavy atom. The minimum Gasteiger partial charge on any atom is -0.384 e. The Morgan fingerprint density at radius 1 is 1.19 bits per heavy atom. The number of rotatable bonds is 8. The summed E-state index contributed by atoms with van der Waals surface area (Å²) >= 11 is 0. The monoisotopic (exact) mass is 490 g/mol. The molecule has 0 saturated carbocycles. The maximum absolute atomic E-state index is 8.34. The van der Waals surface area contributed by atoms with E-state index in [0.717, 1.165) is 61.3 Å². The van der Waals surface area contributed by atoms with Gasteiger partial charge >= 0.3 is 0 Å². The van der Waals surface area contributed by atoms with Crippen LogP contribution in [0.5, 0.6) is 0 Å². The molecule has 2 aromatic rings. The van der Waals surface area contributed by atoms with Gasteiger partial charge in [0.05, 0.1) is 12.3 Å². The van der Waals surface area contributed by atoms with E-state index >= 15 is 0 Å². The van der Waals surface area contributed by atoms with Gasteiger partial charge in [0.15, 0.2) is 5.82 Å². The third kappa shape index (κ3) is 5.72. The molecule has 3 heterocycles. The lowest BCUT2D eigenvalue weighted by Gasteiger charge is -2.41. The van der Waals surface area contributed by atoms with Crippen LogP contribution in [0.1, 0.15) is 55.5 Å². The van der Waals surface area contributed by atoms with Crippen LogP contribution in [-0.4, -0.2) is 61.0 Å². The largest absolute Gasteiger partial charge is 0.384 e. The van der Waals surface area contributed by atoms with Gasteiger partial charge in [0.25, 0.3) is 0 Å². The average Bonchev–Trinajstić information content (AvgIpc) is 2.84. The Balaban J connectivity index is 1.75. The van der Waals surface area contributed by atoms with Crippen LogP contribution in [0.3, 0.4) is 0 Å². The lowest BCUT2D eigenvalue weighted by Crippen LogP contribution is -2.43. The summed E-state index contributed by atoms with van der Waals surface area (Å²) in [6.07, 6.45) is 5.79. The molecule has 0 unspecified atom stereocenters. The first kappa shape index (κ1) is 26.1. The van der Waals surface area contributed by atoms with Crippen molar-refractivity contribution in [2.24, 2.45) is 5.41 Å². The van der Waals surface area contributed by atoms with Gasteiger partial charge in [-0.15, -0.1) is 0 Å². The fourth-order valence-corrected chi connectivity index (χ4v) is 5.52. The number of hydrogen-bond acceptors (Lipinski definition) is 7. The number of aromatic nitrogens is 2. The molecule has 1 fully saturated rings. The number of hydrogen-bond donors (Lipinski definition) is 2. The van der Waals surface area contributed by atoms with Gasteiger partial charge in [-0.1, -0.05) is 32.0 Å². The third-order valence-electron chi connectivity index (χ3n) is 7.43. The van der Waals surface area contributed by atoms with Crippen LogP contribution < -0.4 is 10.2 Å². The topological polar surface area (TPSA) is 77.4 Å². The lowest BCUT2D eigenvalue weighted by atomic mass is 9.84. The smallest absolute Gasteiger partial charge is 0.162 e. The molecule has 1 saturated heterocycles. The van der Waals surface area contributed by atoms with Crippen molar-refractivity contribution in [3.05, 3.63) is 52.5 Å². The lowest BCUT2D eigenvalue weighted by molar-refractivity contribution is 0.207. The van der Waals surface area contributed by atoms with Gasteiger partial charge in [0, 0.05) is 70.0 Å². The fraction of sp³-hybridized carbons (Fsp3) is 0.552. The number of piperidine rings is 1. The van der Waals surface area contributed by atoms with Crippen molar-refractivity contribution in [1.82, 2.24) is 20.2 Å². The van der Waals surface area contributed by atoms with Gasteiger partial charge in [-0.2, -0.15) is 0 Å². The van der Waals surface area contributed by atoms with E-state index in [2.05, 4.69) is 61.0 Å². The first-order chi connectivity index (χ1) is 17.2. The molecule has 194 valence electrons. The van der Waals surface area contributed by atoms with Crippen LogP contribution in [-0.2, 0) is 17.7 Å². The van der Waals surface area contributed by atoms with E-state index in [1.807, 2.05) is 13.1 Å². The second-order valence-corrected chi connectivity index (χ2v) is 11.0. The van der Waals surface area contributed by atoms with Gasteiger partial charge in [0.1, 0.15) is 11.6 Å². The van der Waals surface area contributed by atoms with Crippen LogP contribution in [0.4, 0.5) is 5.82 Å². The zero-order valence-corrected chi connectivity index (χ0v) is 22.9. The minimum atomic E-state index is 0.260. The predicted octanol–water partition coefficient (Wildman–Crippen LogP) is 4.86. The van der Waals surface area contributed by atoms with Crippen molar-refractivity contribution in [2.45, 2.75) is 59.9 Å². The number of ether oxygens (including phenoxy) is 1. The standard InChI is InChI=1S/C29H42N6O/c1-20-9-7-10-21(2)26(20)27-32-24-11-15-34(25(31-5)17-22(30)12-16-36-6)18-23(24)28(33-27)35-14-8-13-29(3,4)19-35/h7,9-10,17,30-31H,8,11-16,18-19H2,1-6H3/b25-17+,30-22?. The Kier molecular flexibility index (Phi) is 7.98. The van der Waals surface area contributed by atoms with Crippen molar-refractivity contribution < 1.29 is 4.74 Å². The van der Waals surface area contributed by atoms with E-state index in [1.165, 1.54) is 29.5 Å². The molecule has 0 radical (unpaired) electrons. The van der Waals surface area contributed by atoms with Crippen LogP contribution in [0.2, 0.25) is 0 Å². The molecule has 36 heavy (non-hydrogen) atoms. The zero-order valence-electron chi connectivity index (χ0n) is 22.9. The predicted molar refractivity (Wildman–Crippen MR) is 148 cm³/mol. The van der Waals surface area contributed by atoms with Crippen LogP contribution in [0.15, 0.2) is 30.1 Å². The molecule has 0 atom stereocenters. The number of fused-ring (bicyclic) bond motifs is 1. The maximum Gasteiger partial charge on any atom is 0.162 e. The molecule has 4 rings (SSSR count). The minimum absolute atomic E-state index is 0.260. The molecule has 7 nitrogen and oxygen atoms in total. The first-order valence-electron chi connectivity index (χ1n) is 13.1. The van der Waals surface area contributed by atoms with Crippen LogP contribution in [0.25, 0.3) is 11.4 Å². The van der Waals surface area contributed by atoms with Crippen molar-refractivity contribution in [3.8, 4) is 11.4 Å². The number of nitrogens with zero attached hydrogens (tertiary/aromatic N) is 4. The van der Waals surface area contributed by atoms with E-state index in [0.29, 0.717) is 18.7 Å². The molecule has 0 aliphatic carbocycles. The highest BCUT2D eigenvalue weighted by molar-refractivity contribution is 5.92. The fourth-order valence-electron chi connectivity index (χ4n) is 5.52. The number of nitrogens with one attached hydrogen (secondary N) is 2. The van der Waals surface area contributed by atoms with Crippen molar-refractivity contribution in [1.29, 1.82) is 5.41 Å². The highest BCUT2D eigenvalue weighted by atomic mass is 16.5. The number of benzene rings is 1. The molecular weight excluding hydrogens is 448 g/mol. The maximum atomic E-state index is 8.34. The van der Waals surface area contributed by atoms with E-state index in [9.17, 15) is 0 Å². The van der Waals surface area contributed by atoms with E-state index in [1.54, 1.807) is 7.11 Å². The Labute approximate surface area is 216 Å².